The quantitative estimate of drug-likeness (QED) is 0.0205. The van der Waals surface area contributed by atoms with E-state index in [4.69, 9.17) is 18.9 Å². The van der Waals surface area contributed by atoms with Gasteiger partial charge in [-0.05, 0) is 96.3 Å². The fraction of sp³-hybridized carbons (Fsp3) is 0.661. The van der Waals surface area contributed by atoms with Crippen LogP contribution in [0.3, 0.4) is 0 Å². The van der Waals surface area contributed by atoms with Crippen molar-refractivity contribution >= 4 is 5.91 Å². The zero-order valence-corrected chi connectivity index (χ0v) is 46.2. The Kier molecular flexibility index (Phi) is 41.7. The predicted octanol–water partition coefficient (Wildman–Crippen LogP) is 9.44. The molecule has 2 aliphatic heterocycles. The van der Waals surface area contributed by atoms with Gasteiger partial charge in [0.15, 0.2) is 12.6 Å². The molecule has 2 aliphatic rings. The van der Waals surface area contributed by atoms with Crippen molar-refractivity contribution in [2.75, 3.05) is 19.8 Å². The molecule has 2 fully saturated rings. The van der Waals surface area contributed by atoms with E-state index in [-0.39, 0.29) is 18.9 Å². The molecule has 0 saturated carbocycles. The molecule has 2 rings (SSSR count). The summed E-state index contributed by atoms with van der Waals surface area (Å²) >= 11 is 0. The summed E-state index contributed by atoms with van der Waals surface area (Å²) in [5, 5.41) is 86.7. The van der Waals surface area contributed by atoms with Gasteiger partial charge in [-0.25, -0.2) is 0 Å². The molecular formula is C62H101NO13. The molecule has 2 heterocycles. The molecule has 0 aromatic heterocycles. The summed E-state index contributed by atoms with van der Waals surface area (Å²) in [5.74, 6) is -0.268. The second kappa shape index (κ2) is 46.3. The maximum Gasteiger partial charge on any atom is 0.220 e. The molecule has 2 saturated heterocycles. The Labute approximate surface area is 457 Å². The van der Waals surface area contributed by atoms with E-state index in [1.807, 2.05) is 6.08 Å². The van der Waals surface area contributed by atoms with E-state index in [0.717, 1.165) is 109 Å². The third-order valence-corrected chi connectivity index (χ3v) is 13.1. The van der Waals surface area contributed by atoms with E-state index < -0.39 is 86.8 Å². The van der Waals surface area contributed by atoms with Gasteiger partial charge in [-0.3, -0.25) is 4.79 Å². The summed E-state index contributed by atoms with van der Waals surface area (Å²) < 4.78 is 22.6. The summed E-state index contributed by atoms with van der Waals surface area (Å²) in [6.45, 7) is 2.56. The Balaban J connectivity index is 1.67. The lowest BCUT2D eigenvalue weighted by Gasteiger charge is -2.46. The van der Waals surface area contributed by atoms with Crippen molar-refractivity contribution in [3.63, 3.8) is 0 Å². The van der Waals surface area contributed by atoms with Crippen molar-refractivity contribution in [1.82, 2.24) is 5.32 Å². The lowest BCUT2D eigenvalue weighted by molar-refractivity contribution is -0.359. The van der Waals surface area contributed by atoms with E-state index in [1.54, 1.807) is 6.08 Å². The predicted molar refractivity (Wildman–Crippen MR) is 304 cm³/mol. The standard InChI is InChI=1S/C62H101NO13/c1-3-5-7-9-11-13-14-15-16-17-18-19-20-21-22-23-24-25-26-27-28-29-30-31-32-33-34-35-36-38-40-42-44-46-54(67)63-50(51(66)45-43-41-39-37-12-10-8-6-4-2)49-73-61-59(72)57(70)60(53(48-65)75-61)76-62-58(71)56(69)55(68)52(47-64)74-62/h5,7,11-13,15-16,18-19,21-22,24-25,27-28,30-31,37,43,45,50-53,55-62,64-66,68-72H,3-4,6,8-10,14,17,20,23,26,29,32-36,38-42,44,46-49H2,1-2H3,(H,63,67)/b7-5-,13-11-,16-15-,19-18-,22-21-,25-24-,28-27-,31-30-,37-12+,45-43+. The van der Waals surface area contributed by atoms with Crippen LogP contribution >= 0.6 is 0 Å². The van der Waals surface area contributed by atoms with Crippen LogP contribution in [0.1, 0.15) is 168 Å². The van der Waals surface area contributed by atoms with E-state index in [9.17, 15) is 45.6 Å². The summed E-state index contributed by atoms with van der Waals surface area (Å²) in [6.07, 6.45) is 49.8. The second-order valence-electron chi connectivity index (χ2n) is 19.7. The van der Waals surface area contributed by atoms with Crippen LogP contribution in [-0.2, 0) is 23.7 Å². The number of unbranched alkanes of at least 4 members (excludes halogenated alkanes) is 12. The number of nitrogens with one attached hydrogen (secondary N) is 1. The Bertz CT molecular complexity index is 1730. The minimum Gasteiger partial charge on any atom is -0.394 e. The van der Waals surface area contributed by atoms with Gasteiger partial charge in [0.1, 0.15) is 48.8 Å². The highest BCUT2D eigenvalue weighted by atomic mass is 16.7. The average molecular weight is 1070 g/mol. The zero-order chi connectivity index (χ0) is 55.3. The maximum atomic E-state index is 13.2. The van der Waals surface area contributed by atoms with Crippen LogP contribution in [0.15, 0.2) is 122 Å². The molecule has 76 heavy (non-hydrogen) atoms. The molecule has 0 spiro atoms. The smallest absolute Gasteiger partial charge is 0.220 e. The third kappa shape index (κ3) is 31.7. The van der Waals surface area contributed by atoms with Gasteiger partial charge in [0.2, 0.25) is 5.91 Å². The topological polar surface area (TPSA) is 228 Å². The first-order valence-corrected chi connectivity index (χ1v) is 28.8. The van der Waals surface area contributed by atoms with E-state index >= 15 is 0 Å². The van der Waals surface area contributed by atoms with E-state index in [2.05, 4.69) is 129 Å². The van der Waals surface area contributed by atoms with E-state index in [1.165, 1.54) is 25.7 Å². The minimum absolute atomic E-state index is 0.255. The molecule has 14 heteroatoms. The fourth-order valence-electron chi connectivity index (χ4n) is 8.50. The van der Waals surface area contributed by atoms with Crippen molar-refractivity contribution in [2.45, 2.75) is 242 Å². The van der Waals surface area contributed by atoms with Gasteiger partial charge < -0.3 is 65.1 Å². The highest BCUT2D eigenvalue weighted by Crippen LogP contribution is 2.30. The molecular weight excluding hydrogens is 967 g/mol. The van der Waals surface area contributed by atoms with Crippen LogP contribution in [0.4, 0.5) is 0 Å². The Hall–Kier alpha value is -3.61. The van der Waals surface area contributed by atoms with Crippen LogP contribution in [0.2, 0.25) is 0 Å². The molecule has 1 amide bonds. The number of carbonyl (C=O) groups is 1. The molecule has 12 unspecified atom stereocenters. The van der Waals surface area contributed by atoms with Crippen molar-refractivity contribution in [3.8, 4) is 0 Å². The normalized spacial score (nSPS) is 25.8. The lowest BCUT2D eigenvalue weighted by atomic mass is 9.97. The second-order valence-corrected chi connectivity index (χ2v) is 19.7. The number of aliphatic hydroxyl groups excluding tert-OH is 8. The maximum absolute atomic E-state index is 13.2. The molecule has 0 radical (unpaired) electrons. The first kappa shape index (κ1) is 68.5. The van der Waals surface area contributed by atoms with Crippen molar-refractivity contribution < 1.29 is 64.6 Å². The molecule has 9 N–H and O–H groups in total. The van der Waals surface area contributed by atoms with Gasteiger partial charge in [-0.2, -0.15) is 0 Å². The first-order valence-electron chi connectivity index (χ1n) is 28.8. The summed E-state index contributed by atoms with van der Waals surface area (Å²) in [6, 6.07) is -0.942. The number of rotatable bonds is 43. The summed E-state index contributed by atoms with van der Waals surface area (Å²) in [7, 11) is 0. The van der Waals surface area contributed by atoms with Crippen LogP contribution in [-0.4, -0.2) is 140 Å². The molecule has 0 bridgehead atoms. The van der Waals surface area contributed by atoms with Crippen LogP contribution in [0.5, 0.6) is 0 Å². The monoisotopic (exact) mass is 1070 g/mol. The van der Waals surface area contributed by atoms with Crippen molar-refractivity contribution in [1.29, 1.82) is 0 Å². The van der Waals surface area contributed by atoms with Gasteiger partial charge >= 0.3 is 0 Å². The molecule has 14 nitrogen and oxygen atoms in total. The molecule has 0 aromatic carbocycles. The number of carbonyl (C=O) groups excluding carboxylic acids is 1. The number of amides is 1. The van der Waals surface area contributed by atoms with Crippen LogP contribution in [0.25, 0.3) is 0 Å². The van der Waals surface area contributed by atoms with Gasteiger partial charge in [-0.1, -0.05) is 187 Å². The average Bonchev–Trinajstić information content (AvgIpc) is 3.42. The summed E-state index contributed by atoms with van der Waals surface area (Å²) in [4.78, 5) is 13.2. The lowest BCUT2D eigenvalue weighted by Crippen LogP contribution is -2.65. The fourth-order valence-corrected chi connectivity index (χ4v) is 8.50. The van der Waals surface area contributed by atoms with Crippen molar-refractivity contribution in [2.24, 2.45) is 0 Å². The first-order chi connectivity index (χ1) is 37.1. The summed E-state index contributed by atoms with van der Waals surface area (Å²) in [5.41, 5.74) is 0. The number of hydrogen-bond acceptors (Lipinski definition) is 13. The Morgan fingerprint density at radius 3 is 1.45 bits per heavy atom. The highest BCUT2D eigenvalue weighted by Gasteiger charge is 2.51. The number of hydrogen-bond donors (Lipinski definition) is 9. The SMILES string of the molecule is CC/C=C\C/C=C\C/C=C\C/C=C\C/C=C\C/C=C\C/C=C\C/C=C\CCCCCCCCCCC(=O)NC(COC1OC(CO)C(OC2OC(CO)C(O)C(O)C2O)C(O)C1O)C(O)/C=C/CC/C=C/CCCCC. The molecule has 0 aliphatic carbocycles. The van der Waals surface area contributed by atoms with Gasteiger partial charge in [0.05, 0.1) is 32.0 Å². The third-order valence-electron chi connectivity index (χ3n) is 13.1. The minimum atomic E-state index is -1.80. The van der Waals surface area contributed by atoms with Gasteiger partial charge in [0.25, 0.3) is 0 Å². The Morgan fingerprint density at radius 1 is 0.487 bits per heavy atom. The highest BCUT2D eigenvalue weighted by molar-refractivity contribution is 5.76. The van der Waals surface area contributed by atoms with Crippen LogP contribution < -0.4 is 5.32 Å². The number of allylic oxidation sites excluding steroid dienone is 19. The molecule has 0 aromatic rings. The van der Waals surface area contributed by atoms with Gasteiger partial charge in [0, 0.05) is 6.42 Å². The molecule has 432 valence electrons. The largest absolute Gasteiger partial charge is 0.394 e. The number of aliphatic hydroxyl groups is 8. The Morgan fingerprint density at radius 2 is 0.921 bits per heavy atom. The van der Waals surface area contributed by atoms with Crippen molar-refractivity contribution in [3.05, 3.63) is 122 Å². The van der Waals surface area contributed by atoms with E-state index in [0.29, 0.717) is 12.8 Å². The van der Waals surface area contributed by atoms with Crippen LogP contribution in [0, 0.1) is 0 Å². The number of ether oxygens (including phenoxy) is 4. The zero-order valence-electron chi connectivity index (χ0n) is 46.2. The molecule has 12 atom stereocenters. The van der Waals surface area contributed by atoms with Gasteiger partial charge in [-0.15, -0.1) is 0 Å².